The second-order valence-electron chi connectivity index (χ2n) is 7.08. The van der Waals surface area contributed by atoms with Crippen LogP contribution in [0.1, 0.15) is 17.7 Å². The summed E-state index contributed by atoms with van der Waals surface area (Å²) in [5.41, 5.74) is 4.71. The van der Waals surface area contributed by atoms with E-state index in [4.69, 9.17) is 26.3 Å². The first-order chi connectivity index (χ1) is 15.5. The maximum atomic E-state index is 12.7. The molecule has 8 heteroatoms. The quantitative estimate of drug-likeness (QED) is 0.504. The molecule has 1 amide bonds. The van der Waals surface area contributed by atoms with Gasteiger partial charge in [-0.2, -0.15) is 0 Å². The number of pyridine rings is 1. The lowest BCUT2D eigenvalue weighted by atomic mass is 10.2. The number of carbonyl (C=O) groups is 1. The normalized spacial score (nSPS) is 12.8. The van der Waals surface area contributed by atoms with Crippen LogP contribution in [0.5, 0.6) is 5.75 Å². The Morgan fingerprint density at radius 2 is 1.88 bits per heavy atom. The van der Waals surface area contributed by atoms with Crippen molar-refractivity contribution in [2.75, 3.05) is 18.2 Å². The summed E-state index contributed by atoms with van der Waals surface area (Å²) in [6, 6.07) is 16.9. The first-order valence-electron chi connectivity index (χ1n) is 9.96. The van der Waals surface area contributed by atoms with Gasteiger partial charge in [0.1, 0.15) is 5.75 Å². The van der Waals surface area contributed by atoms with E-state index in [-0.39, 0.29) is 11.7 Å². The molecule has 0 aliphatic carbocycles. The Kier molecular flexibility index (Phi) is 6.87. The van der Waals surface area contributed by atoms with Crippen molar-refractivity contribution in [2.24, 2.45) is 9.98 Å². The molecule has 1 aliphatic heterocycles. The summed E-state index contributed by atoms with van der Waals surface area (Å²) in [5, 5.41) is 4.24. The fraction of sp³-hybridized carbons (Fsp3) is 0.167. The van der Waals surface area contributed by atoms with Gasteiger partial charge in [0.2, 0.25) is 5.91 Å². The number of para-hydroxylation sites is 2. The summed E-state index contributed by atoms with van der Waals surface area (Å²) < 4.78 is 5.25. The number of carbonyl (C=O) groups excluding carboxylic acids is 1. The second-order valence-corrected chi connectivity index (χ2v) is 8.54. The van der Waals surface area contributed by atoms with Gasteiger partial charge >= 0.3 is 0 Å². The van der Waals surface area contributed by atoms with Gasteiger partial charge < -0.3 is 10.1 Å². The smallest absolute Gasteiger partial charge is 0.234 e. The summed E-state index contributed by atoms with van der Waals surface area (Å²) in [4.78, 5) is 26.7. The molecule has 0 fully saturated rings. The van der Waals surface area contributed by atoms with E-state index in [2.05, 4.69) is 10.3 Å². The number of aromatic nitrogens is 1. The number of thioether (sulfide) groups is 1. The van der Waals surface area contributed by atoms with Crippen LogP contribution in [0.3, 0.4) is 0 Å². The summed E-state index contributed by atoms with van der Waals surface area (Å²) in [6.45, 7) is 1.88. The zero-order valence-electron chi connectivity index (χ0n) is 17.6. The van der Waals surface area contributed by atoms with Crippen molar-refractivity contribution < 1.29 is 9.53 Å². The number of hydrogen-bond acceptors (Lipinski definition) is 6. The van der Waals surface area contributed by atoms with Gasteiger partial charge in [-0.15, -0.1) is 11.8 Å². The zero-order valence-corrected chi connectivity index (χ0v) is 19.2. The highest BCUT2D eigenvalue weighted by Crippen LogP contribution is 2.34. The van der Waals surface area contributed by atoms with Gasteiger partial charge in [-0.3, -0.25) is 9.78 Å². The number of aryl methyl sites for hydroxylation is 1. The van der Waals surface area contributed by atoms with Crippen LogP contribution in [-0.2, 0) is 4.79 Å². The van der Waals surface area contributed by atoms with Gasteiger partial charge in [0.15, 0.2) is 0 Å². The van der Waals surface area contributed by atoms with Gasteiger partial charge in [-0.25, -0.2) is 9.98 Å². The predicted molar refractivity (Wildman–Crippen MR) is 132 cm³/mol. The summed E-state index contributed by atoms with van der Waals surface area (Å²) in [5.74, 6) is 0.584. The highest BCUT2D eigenvalue weighted by atomic mass is 35.5. The maximum Gasteiger partial charge on any atom is 0.234 e. The standard InChI is InChI=1S/C24H21ClN4O2S/c1-15-11-16(25)22(31-2)12-20(15)28-23(30)14-32-24-13-21(17-7-5-6-10-26-17)27-18-8-3-4-9-19(18)29-24/h3-12H,13-14H2,1-2H3,(H,28,30). The molecule has 0 saturated heterocycles. The largest absolute Gasteiger partial charge is 0.495 e. The Labute approximate surface area is 195 Å². The molecule has 1 aromatic heterocycles. The Morgan fingerprint density at radius 3 is 2.59 bits per heavy atom. The van der Waals surface area contributed by atoms with Gasteiger partial charge in [-0.1, -0.05) is 29.8 Å². The van der Waals surface area contributed by atoms with Crippen LogP contribution in [0.4, 0.5) is 17.1 Å². The third-order valence-electron chi connectivity index (χ3n) is 4.80. The zero-order chi connectivity index (χ0) is 22.5. The molecule has 162 valence electrons. The minimum atomic E-state index is -0.140. The molecule has 0 atom stereocenters. The number of aliphatic imine (C=N–C) groups is 2. The Balaban J connectivity index is 1.51. The molecular formula is C24H21ClN4O2S. The predicted octanol–water partition coefficient (Wildman–Crippen LogP) is 5.98. The fourth-order valence-corrected chi connectivity index (χ4v) is 4.27. The third-order valence-corrected chi connectivity index (χ3v) is 6.08. The van der Waals surface area contributed by atoms with E-state index in [0.29, 0.717) is 22.9 Å². The number of halogens is 1. The molecule has 6 nitrogen and oxygen atoms in total. The van der Waals surface area contributed by atoms with Crippen molar-refractivity contribution in [3.8, 4) is 5.75 Å². The molecule has 32 heavy (non-hydrogen) atoms. The molecule has 2 aromatic carbocycles. The lowest BCUT2D eigenvalue weighted by Crippen LogP contribution is -2.17. The monoisotopic (exact) mass is 464 g/mol. The van der Waals surface area contributed by atoms with Crippen molar-refractivity contribution in [3.05, 3.63) is 77.1 Å². The van der Waals surface area contributed by atoms with E-state index >= 15 is 0 Å². The van der Waals surface area contributed by atoms with Gasteiger partial charge in [0.05, 0.1) is 45.7 Å². The van der Waals surface area contributed by atoms with Crippen molar-refractivity contribution in [3.63, 3.8) is 0 Å². The average Bonchev–Trinajstić information content (AvgIpc) is 2.99. The molecule has 0 bridgehead atoms. The topological polar surface area (TPSA) is 75.9 Å². The highest BCUT2D eigenvalue weighted by molar-refractivity contribution is 8.14. The molecule has 0 unspecified atom stereocenters. The third kappa shape index (κ3) is 5.18. The molecule has 0 spiro atoms. The van der Waals surface area contributed by atoms with Crippen molar-refractivity contribution >= 4 is 57.1 Å². The van der Waals surface area contributed by atoms with Crippen LogP contribution in [-0.4, -0.2) is 34.5 Å². The number of amides is 1. The highest BCUT2D eigenvalue weighted by Gasteiger charge is 2.18. The van der Waals surface area contributed by atoms with Crippen LogP contribution < -0.4 is 10.1 Å². The SMILES string of the molecule is COc1cc(NC(=O)CSC2=Nc3ccccc3N=C(c3ccccn3)C2)c(C)cc1Cl. The molecule has 1 N–H and O–H groups in total. The first kappa shape index (κ1) is 22.0. The molecule has 0 saturated carbocycles. The number of fused-ring (bicyclic) bond motifs is 1. The van der Waals surface area contributed by atoms with Crippen LogP contribution in [0.15, 0.2) is 70.8 Å². The number of rotatable bonds is 5. The van der Waals surface area contributed by atoms with E-state index in [9.17, 15) is 4.79 Å². The number of nitrogens with zero attached hydrogens (tertiary/aromatic N) is 3. The van der Waals surface area contributed by atoms with Crippen LogP contribution in [0.2, 0.25) is 5.02 Å². The van der Waals surface area contributed by atoms with E-state index in [1.54, 1.807) is 25.4 Å². The number of methoxy groups -OCH3 is 1. The lowest BCUT2D eigenvalue weighted by molar-refractivity contribution is -0.113. The molecule has 4 rings (SSSR count). The van der Waals surface area contributed by atoms with Crippen molar-refractivity contribution in [2.45, 2.75) is 13.3 Å². The number of anilines is 1. The van der Waals surface area contributed by atoms with Crippen LogP contribution >= 0.6 is 23.4 Å². The number of ether oxygens (including phenoxy) is 1. The van der Waals surface area contributed by atoms with Gasteiger partial charge in [0.25, 0.3) is 0 Å². The Morgan fingerprint density at radius 1 is 1.12 bits per heavy atom. The number of nitrogens with one attached hydrogen (secondary N) is 1. The molecule has 0 radical (unpaired) electrons. The Bertz CT molecular complexity index is 1210. The number of benzene rings is 2. The molecular weight excluding hydrogens is 444 g/mol. The van der Waals surface area contributed by atoms with Crippen LogP contribution in [0, 0.1) is 6.92 Å². The van der Waals surface area contributed by atoms with E-state index in [1.807, 2.05) is 49.4 Å². The number of hydrogen-bond donors (Lipinski definition) is 1. The minimum Gasteiger partial charge on any atom is -0.495 e. The van der Waals surface area contributed by atoms with Crippen molar-refractivity contribution in [1.82, 2.24) is 4.98 Å². The molecule has 1 aliphatic rings. The van der Waals surface area contributed by atoms with Crippen molar-refractivity contribution in [1.29, 1.82) is 0 Å². The van der Waals surface area contributed by atoms with Gasteiger partial charge in [0, 0.05) is 24.4 Å². The van der Waals surface area contributed by atoms with Crippen LogP contribution in [0.25, 0.3) is 0 Å². The van der Waals surface area contributed by atoms with Gasteiger partial charge in [-0.05, 0) is 42.8 Å². The minimum absolute atomic E-state index is 0.140. The molecule has 3 aromatic rings. The summed E-state index contributed by atoms with van der Waals surface area (Å²) >= 11 is 7.54. The second kappa shape index (κ2) is 9.97. The fourth-order valence-electron chi connectivity index (χ4n) is 3.20. The summed E-state index contributed by atoms with van der Waals surface area (Å²) in [6.07, 6.45) is 2.24. The average molecular weight is 465 g/mol. The van der Waals surface area contributed by atoms with E-state index in [0.717, 1.165) is 33.4 Å². The summed E-state index contributed by atoms with van der Waals surface area (Å²) in [7, 11) is 1.54. The van der Waals surface area contributed by atoms with E-state index < -0.39 is 0 Å². The first-order valence-corrected chi connectivity index (χ1v) is 11.3. The lowest BCUT2D eigenvalue weighted by Gasteiger charge is -2.12. The maximum absolute atomic E-state index is 12.7. The van der Waals surface area contributed by atoms with E-state index in [1.165, 1.54) is 11.8 Å². The Hall–Kier alpha value is -3.16. The molecule has 2 heterocycles.